The number of hydroxylamine groups is 1. The fourth-order valence-electron chi connectivity index (χ4n) is 2.82. The molecular formula is C21H18N4O3. The summed E-state index contributed by atoms with van der Waals surface area (Å²) in [5.41, 5.74) is 6.15. The van der Waals surface area contributed by atoms with Gasteiger partial charge in [0.15, 0.2) is 6.10 Å². The van der Waals surface area contributed by atoms with E-state index in [9.17, 15) is 9.90 Å². The van der Waals surface area contributed by atoms with Crippen molar-refractivity contribution < 1.29 is 14.7 Å². The number of aromatic nitrogens is 2. The lowest BCUT2D eigenvalue weighted by molar-refractivity contribution is -0.125. The van der Waals surface area contributed by atoms with Gasteiger partial charge in [0.25, 0.3) is 5.91 Å². The van der Waals surface area contributed by atoms with Crippen LogP contribution in [0, 0.1) is 0 Å². The van der Waals surface area contributed by atoms with Crippen molar-refractivity contribution in [2.24, 2.45) is 0 Å². The van der Waals surface area contributed by atoms with Crippen LogP contribution in [0.3, 0.4) is 0 Å². The number of anilines is 1. The lowest BCUT2D eigenvalue weighted by Gasteiger charge is -2.12. The molecule has 2 unspecified atom stereocenters. The molecule has 0 bridgehead atoms. The van der Waals surface area contributed by atoms with Crippen molar-refractivity contribution in [2.75, 3.05) is 5.32 Å². The minimum atomic E-state index is -0.821. The summed E-state index contributed by atoms with van der Waals surface area (Å²) < 4.78 is 0. The molecule has 1 amide bonds. The van der Waals surface area contributed by atoms with Gasteiger partial charge >= 0.3 is 0 Å². The minimum absolute atomic E-state index is 0.301. The fraction of sp³-hybridized carbons (Fsp3) is 0.0952. The lowest BCUT2D eigenvalue weighted by Crippen LogP contribution is -2.28. The number of hydrogen-bond donors (Lipinski definition) is 3. The molecule has 28 heavy (non-hydrogen) atoms. The van der Waals surface area contributed by atoms with Crippen LogP contribution in [0.5, 0.6) is 0 Å². The highest BCUT2D eigenvalue weighted by Gasteiger charge is 2.24. The molecule has 0 radical (unpaired) electrons. The Morgan fingerprint density at radius 3 is 2.68 bits per heavy atom. The Hall–Kier alpha value is -3.55. The number of nitrogens with one attached hydrogen (secondary N) is 2. The van der Waals surface area contributed by atoms with E-state index in [0.717, 1.165) is 5.56 Å². The smallest absolute Gasteiger partial charge is 0.260 e. The number of aliphatic hydroxyl groups is 1. The number of amides is 1. The molecule has 2 aromatic heterocycles. The number of nitrogens with zero attached hydrogens (tertiary/aromatic N) is 2. The number of carbonyl (C=O) groups is 1. The van der Waals surface area contributed by atoms with E-state index in [-0.39, 0.29) is 5.91 Å². The van der Waals surface area contributed by atoms with Gasteiger partial charge in [-0.15, -0.1) is 0 Å². The molecule has 0 aliphatic carbocycles. The molecule has 0 fully saturated rings. The monoisotopic (exact) mass is 374 g/mol. The third-order valence-corrected chi connectivity index (χ3v) is 4.31. The first-order valence-corrected chi connectivity index (χ1v) is 8.74. The van der Waals surface area contributed by atoms with Gasteiger partial charge in [0.1, 0.15) is 6.10 Å². The summed E-state index contributed by atoms with van der Waals surface area (Å²) in [4.78, 5) is 26.0. The van der Waals surface area contributed by atoms with Gasteiger partial charge in [0.05, 0.1) is 11.4 Å². The fourth-order valence-corrected chi connectivity index (χ4v) is 2.82. The minimum Gasteiger partial charge on any atom is -0.382 e. The molecule has 0 saturated heterocycles. The molecule has 4 rings (SSSR count). The normalized spacial score (nSPS) is 16.8. The summed E-state index contributed by atoms with van der Waals surface area (Å²) in [7, 11) is 0. The van der Waals surface area contributed by atoms with Crippen LogP contribution in [0.15, 0.2) is 79.3 Å². The predicted octanol–water partition coefficient (Wildman–Crippen LogP) is 2.44. The Morgan fingerprint density at radius 2 is 1.96 bits per heavy atom. The average Bonchev–Trinajstić information content (AvgIpc) is 3.26. The third-order valence-electron chi connectivity index (χ3n) is 4.31. The Morgan fingerprint density at radius 1 is 1.11 bits per heavy atom. The van der Waals surface area contributed by atoms with Crippen molar-refractivity contribution in [3.63, 3.8) is 0 Å². The predicted molar refractivity (Wildman–Crippen MR) is 104 cm³/mol. The SMILES string of the molecule is O=C(Nc1ccc(C(O)c2ccccn2)cc1)C1C=C(c2cccnc2)NO1. The zero-order chi connectivity index (χ0) is 19.3. The maximum atomic E-state index is 12.4. The summed E-state index contributed by atoms with van der Waals surface area (Å²) in [6.07, 6.45) is 5.13. The molecule has 1 aromatic carbocycles. The third kappa shape index (κ3) is 3.90. The molecule has 3 N–H and O–H groups in total. The highest BCUT2D eigenvalue weighted by molar-refractivity contribution is 5.97. The first-order valence-electron chi connectivity index (χ1n) is 8.74. The number of pyridine rings is 2. The van der Waals surface area contributed by atoms with Crippen molar-refractivity contribution in [3.05, 3.63) is 96.1 Å². The van der Waals surface area contributed by atoms with Crippen LogP contribution < -0.4 is 10.8 Å². The summed E-state index contributed by atoms with van der Waals surface area (Å²) >= 11 is 0. The lowest BCUT2D eigenvalue weighted by atomic mass is 10.1. The summed E-state index contributed by atoms with van der Waals surface area (Å²) in [6.45, 7) is 0. The zero-order valence-corrected chi connectivity index (χ0v) is 14.8. The summed E-state index contributed by atoms with van der Waals surface area (Å²) in [5.74, 6) is -0.301. The second-order valence-electron chi connectivity index (χ2n) is 6.23. The first kappa shape index (κ1) is 17.8. The largest absolute Gasteiger partial charge is 0.382 e. The Labute approximate surface area is 161 Å². The molecular weight excluding hydrogens is 356 g/mol. The number of rotatable bonds is 5. The van der Waals surface area contributed by atoms with E-state index in [2.05, 4.69) is 20.8 Å². The Balaban J connectivity index is 1.41. The van der Waals surface area contributed by atoms with Crippen LogP contribution in [-0.2, 0) is 9.63 Å². The van der Waals surface area contributed by atoms with E-state index in [0.29, 0.717) is 22.6 Å². The molecule has 7 nitrogen and oxygen atoms in total. The van der Waals surface area contributed by atoms with Crippen LogP contribution in [0.4, 0.5) is 5.69 Å². The Kier molecular flexibility index (Phi) is 5.09. The van der Waals surface area contributed by atoms with Gasteiger partial charge in [-0.05, 0) is 48.0 Å². The van der Waals surface area contributed by atoms with Gasteiger partial charge in [-0.3, -0.25) is 25.1 Å². The van der Waals surface area contributed by atoms with E-state index < -0.39 is 12.2 Å². The first-order chi connectivity index (χ1) is 13.7. The van der Waals surface area contributed by atoms with Gasteiger partial charge < -0.3 is 10.4 Å². The standard InChI is InChI=1S/C21H18N4O3/c26-20(17-5-1-2-11-23-17)14-6-8-16(9-7-14)24-21(27)19-12-18(25-28-19)15-4-3-10-22-13-15/h1-13,19-20,25-26H,(H,24,27). The molecule has 3 aromatic rings. The zero-order valence-electron chi connectivity index (χ0n) is 14.8. The van der Waals surface area contributed by atoms with E-state index in [1.54, 1.807) is 61.1 Å². The van der Waals surface area contributed by atoms with E-state index >= 15 is 0 Å². The molecule has 7 heteroatoms. The van der Waals surface area contributed by atoms with Crippen LogP contribution >= 0.6 is 0 Å². The van der Waals surface area contributed by atoms with Crippen molar-refractivity contribution in [3.8, 4) is 0 Å². The van der Waals surface area contributed by atoms with Crippen molar-refractivity contribution in [1.82, 2.24) is 15.4 Å². The van der Waals surface area contributed by atoms with E-state index in [4.69, 9.17) is 4.84 Å². The van der Waals surface area contributed by atoms with E-state index in [1.165, 1.54) is 0 Å². The number of aliphatic hydroxyl groups excluding tert-OH is 1. The van der Waals surface area contributed by atoms with Gasteiger partial charge in [-0.1, -0.05) is 18.2 Å². The van der Waals surface area contributed by atoms with Crippen LogP contribution in [-0.4, -0.2) is 27.1 Å². The summed E-state index contributed by atoms with van der Waals surface area (Å²) in [5, 5.41) is 13.2. The molecule has 0 spiro atoms. The molecule has 3 heterocycles. The quantitative estimate of drug-likeness (QED) is 0.635. The van der Waals surface area contributed by atoms with E-state index in [1.807, 2.05) is 18.2 Å². The second kappa shape index (κ2) is 7.99. The molecule has 140 valence electrons. The summed E-state index contributed by atoms with van der Waals surface area (Å²) in [6, 6.07) is 16.0. The van der Waals surface area contributed by atoms with Crippen LogP contribution in [0.2, 0.25) is 0 Å². The van der Waals surface area contributed by atoms with Crippen molar-refractivity contribution in [2.45, 2.75) is 12.2 Å². The number of hydrogen-bond acceptors (Lipinski definition) is 6. The second-order valence-corrected chi connectivity index (χ2v) is 6.23. The highest BCUT2D eigenvalue weighted by atomic mass is 16.7. The topological polar surface area (TPSA) is 96.4 Å². The van der Waals surface area contributed by atoms with Gasteiger partial charge in [-0.2, -0.15) is 0 Å². The van der Waals surface area contributed by atoms with Crippen molar-refractivity contribution in [1.29, 1.82) is 0 Å². The maximum Gasteiger partial charge on any atom is 0.260 e. The van der Waals surface area contributed by atoms with Gasteiger partial charge in [0.2, 0.25) is 0 Å². The van der Waals surface area contributed by atoms with Gasteiger partial charge in [-0.25, -0.2) is 0 Å². The molecule has 1 aliphatic heterocycles. The number of benzene rings is 1. The van der Waals surface area contributed by atoms with Gasteiger partial charge in [0, 0.05) is 29.8 Å². The van der Waals surface area contributed by atoms with Crippen molar-refractivity contribution >= 4 is 17.3 Å². The average molecular weight is 374 g/mol. The maximum absolute atomic E-state index is 12.4. The highest BCUT2D eigenvalue weighted by Crippen LogP contribution is 2.22. The molecule has 0 saturated carbocycles. The molecule has 1 aliphatic rings. The number of carbonyl (C=O) groups excluding carboxylic acids is 1. The Bertz CT molecular complexity index is 976. The van der Waals surface area contributed by atoms with Crippen LogP contribution in [0.25, 0.3) is 5.70 Å². The molecule has 2 atom stereocenters. The van der Waals surface area contributed by atoms with Crippen LogP contribution in [0.1, 0.15) is 22.9 Å².